The van der Waals surface area contributed by atoms with Crippen LogP contribution in [-0.2, 0) is 12.0 Å². The van der Waals surface area contributed by atoms with E-state index in [1.165, 1.54) is 0 Å². The lowest BCUT2D eigenvalue weighted by Gasteiger charge is -2.34. The molecule has 2 N–H and O–H groups in total. The first-order valence-corrected chi connectivity index (χ1v) is 11.6. The third-order valence-electron chi connectivity index (χ3n) is 5.49. The number of aliphatic imine (C=N–C) groups is 1. The Morgan fingerprint density at radius 3 is 2.32 bits per heavy atom. The number of guanidine groups is 1. The van der Waals surface area contributed by atoms with Gasteiger partial charge >= 0.3 is 0 Å². The van der Waals surface area contributed by atoms with Gasteiger partial charge in [0.1, 0.15) is 16.5 Å². The molecule has 0 aliphatic carbocycles. The molecule has 1 aromatic carbocycles. The van der Waals surface area contributed by atoms with Gasteiger partial charge < -0.3 is 25.0 Å². The molecular weight excluding hydrogens is 410 g/mol. The van der Waals surface area contributed by atoms with E-state index in [4.69, 9.17) is 14.5 Å². The molecule has 0 atom stereocenters. The van der Waals surface area contributed by atoms with Crippen LogP contribution in [0.15, 0.2) is 28.6 Å². The number of hydrogen-bond donors (Lipinski definition) is 2. The van der Waals surface area contributed by atoms with E-state index in [2.05, 4.69) is 58.8 Å². The molecule has 0 spiro atoms. The molecule has 1 saturated heterocycles. The largest absolute Gasteiger partial charge is 0.497 e. The molecule has 3 rings (SSSR count). The fourth-order valence-electron chi connectivity index (χ4n) is 3.54. The summed E-state index contributed by atoms with van der Waals surface area (Å²) >= 11 is 1.70. The molecule has 8 heteroatoms. The first kappa shape index (κ1) is 23.2. The molecule has 2 heterocycles. The first-order chi connectivity index (χ1) is 14.8. The molecule has 0 bridgehead atoms. The van der Waals surface area contributed by atoms with Crippen molar-refractivity contribution in [2.24, 2.45) is 4.99 Å². The summed E-state index contributed by atoms with van der Waals surface area (Å²) < 4.78 is 10.8. The van der Waals surface area contributed by atoms with Crippen LogP contribution in [0.2, 0.25) is 0 Å². The van der Waals surface area contributed by atoms with E-state index in [9.17, 15) is 0 Å². The van der Waals surface area contributed by atoms with Crippen molar-refractivity contribution in [2.75, 3.05) is 39.3 Å². The Balaban J connectivity index is 1.51. The maximum atomic E-state index is 5.41. The van der Waals surface area contributed by atoms with Gasteiger partial charge in [-0.2, -0.15) is 0 Å². The van der Waals surface area contributed by atoms with Crippen molar-refractivity contribution < 1.29 is 9.47 Å². The van der Waals surface area contributed by atoms with E-state index in [-0.39, 0.29) is 5.41 Å². The number of anilines is 1. The summed E-state index contributed by atoms with van der Waals surface area (Å²) in [5, 5.41) is 10.2. The van der Waals surface area contributed by atoms with Gasteiger partial charge in [0.15, 0.2) is 5.96 Å². The number of benzene rings is 1. The second-order valence-electron chi connectivity index (χ2n) is 8.78. The minimum Gasteiger partial charge on any atom is -0.497 e. The number of methoxy groups -OCH3 is 2. The van der Waals surface area contributed by atoms with Crippen LogP contribution in [0, 0.1) is 0 Å². The number of nitrogens with one attached hydrogen (secondary N) is 2. The number of piperidine rings is 1. The van der Waals surface area contributed by atoms with Gasteiger partial charge in [0.2, 0.25) is 0 Å². The van der Waals surface area contributed by atoms with Gasteiger partial charge in [0.05, 0.1) is 26.5 Å². The molecule has 0 saturated carbocycles. The molecule has 0 amide bonds. The van der Waals surface area contributed by atoms with Crippen LogP contribution < -0.4 is 25.0 Å². The van der Waals surface area contributed by atoms with Gasteiger partial charge in [-0.05, 0) is 12.8 Å². The Bertz CT molecular complexity index is 860. The number of aromatic nitrogens is 1. The molecular formula is C23H35N5O2S. The monoisotopic (exact) mass is 445 g/mol. The van der Waals surface area contributed by atoms with E-state index in [1.54, 1.807) is 25.6 Å². The standard InChI is InChI=1S/C23H35N5O2S/c1-23(2,3)20-15-31-21(27-20)14-25-22(24-4)26-16-7-9-28(10-8-16)17-11-18(29-5)13-19(12-17)30-6/h11-13,15-16H,7-10,14H2,1-6H3,(H2,24,25,26). The Morgan fingerprint density at radius 2 is 1.81 bits per heavy atom. The van der Waals surface area contributed by atoms with Gasteiger partial charge in [-0.25, -0.2) is 4.98 Å². The molecule has 170 valence electrons. The average Bonchev–Trinajstić information content (AvgIpc) is 3.26. The lowest BCUT2D eigenvalue weighted by molar-refractivity contribution is 0.393. The molecule has 1 fully saturated rings. The van der Waals surface area contributed by atoms with Crippen molar-refractivity contribution in [1.29, 1.82) is 0 Å². The van der Waals surface area contributed by atoms with Gasteiger partial charge in [-0.1, -0.05) is 20.8 Å². The SMILES string of the molecule is CN=C(NCc1nc(C(C)(C)C)cs1)NC1CCN(c2cc(OC)cc(OC)c2)CC1. The highest BCUT2D eigenvalue weighted by molar-refractivity contribution is 7.09. The Labute approximate surface area is 189 Å². The van der Waals surface area contributed by atoms with Crippen LogP contribution in [0.5, 0.6) is 11.5 Å². The first-order valence-electron chi connectivity index (χ1n) is 10.7. The van der Waals surface area contributed by atoms with Crippen LogP contribution in [0.1, 0.15) is 44.3 Å². The van der Waals surface area contributed by atoms with Crippen LogP contribution in [0.25, 0.3) is 0 Å². The summed E-state index contributed by atoms with van der Waals surface area (Å²) in [5.74, 6) is 2.46. The summed E-state index contributed by atoms with van der Waals surface area (Å²) in [6.07, 6.45) is 2.07. The molecule has 31 heavy (non-hydrogen) atoms. The molecule has 0 radical (unpaired) electrons. The Kier molecular flexibility index (Phi) is 7.64. The van der Waals surface area contributed by atoms with E-state index >= 15 is 0 Å². The number of ether oxygens (including phenoxy) is 2. The highest BCUT2D eigenvalue weighted by Gasteiger charge is 2.22. The van der Waals surface area contributed by atoms with Crippen molar-refractivity contribution in [3.05, 3.63) is 34.3 Å². The zero-order valence-corrected chi connectivity index (χ0v) is 20.3. The molecule has 2 aromatic rings. The third-order valence-corrected chi connectivity index (χ3v) is 6.34. The second kappa shape index (κ2) is 10.2. The highest BCUT2D eigenvalue weighted by atomic mass is 32.1. The second-order valence-corrected chi connectivity index (χ2v) is 9.72. The summed E-state index contributed by atoms with van der Waals surface area (Å²) in [4.78, 5) is 11.5. The van der Waals surface area contributed by atoms with Crippen LogP contribution in [-0.4, -0.2) is 51.3 Å². The number of rotatable bonds is 6. The maximum absolute atomic E-state index is 5.41. The topological polar surface area (TPSA) is 71.0 Å². The Hall–Kier alpha value is -2.48. The van der Waals surface area contributed by atoms with E-state index < -0.39 is 0 Å². The van der Waals surface area contributed by atoms with E-state index in [1.807, 2.05) is 13.1 Å². The van der Waals surface area contributed by atoms with Gasteiger partial charge in [0, 0.05) is 60.9 Å². The number of thiazole rings is 1. The Morgan fingerprint density at radius 1 is 1.16 bits per heavy atom. The molecule has 1 aliphatic heterocycles. The van der Waals surface area contributed by atoms with Crippen molar-refractivity contribution in [2.45, 2.75) is 51.6 Å². The molecule has 7 nitrogen and oxygen atoms in total. The quantitative estimate of drug-likeness (QED) is 0.521. The normalized spacial score (nSPS) is 15.7. The predicted octanol–water partition coefficient (Wildman–Crippen LogP) is 3.79. The van der Waals surface area contributed by atoms with Gasteiger partial charge in [-0.3, -0.25) is 4.99 Å². The lowest BCUT2D eigenvalue weighted by atomic mass is 9.93. The van der Waals surface area contributed by atoms with Crippen molar-refractivity contribution in [1.82, 2.24) is 15.6 Å². The zero-order chi connectivity index (χ0) is 22.4. The predicted molar refractivity (Wildman–Crippen MR) is 129 cm³/mol. The third kappa shape index (κ3) is 6.26. The fraction of sp³-hybridized carbons (Fsp3) is 0.565. The zero-order valence-electron chi connectivity index (χ0n) is 19.5. The average molecular weight is 446 g/mol. The van der Waals surface area contributed by atoms with Crippen LogP contribution in [0.4, 0.5) is 5.69 Å². The number of nitrogens with zero attached hydrogens (tertiary/aromatic N) is 3. The summed E-state index contributed by atoms with van der Waals surface area (Å²) in [6.45, 7) is 9.18. The summed E-state index contributed by atoms with van der Waals surface area (Å²) in [5.41, 5.74) is 2.35. The van der Waals surface area contributed by atoms with Crippen molar-refractivity contribution in [3.8, 4) is 11.5 Å². The maximum Gasteiger partial charge on any atom is 0.191 e. The van der Waals surface area contributed by atoms with Crippen molar-refractivity contribution >= 4 is 23.0 Å². The lowest BCUT2D eigenvalue weighted by Crippen LogP contribution is -2.48. The molecule has 0 unspecified atom stereocenters. The summed E-state index contributed by atoms with van der Waals surface area (Å²) in [7, 11) is 5.18. The van der Waals surface area contributed by atoms with Gasteiger partial charge in [0.25, 0.3) is 0 Å². The minimum absolute atomic E-state index is 0.0788. The highest BCUT2D eigenvalue weighted by Crippen LogP contribution is 2.30. The minimum atomic E-state index is 0.0788. The van der Waals surface area contributed by atoms with E-state index in [0.717, 1.165) is 59.8 Å². The van der Waals surface area contributed by atoms with Crippen LogP contribution in [0.3, 0.4) is 0 Å². The van der Waals surface area contributed by atoms with Crippen molar-refractivity contribution in [3.63, 3.8) is 0 Å². The number of hydrogen-bond acceptors (Lipinski definition) is 6. The van der Waals surface area contributed by atoms with Gasteiger partial charge in [-0.15, -0.1) is 11.3 Å². The smallest absolute Gasteiger partial charge is 0.191 e. The molecule has 1 aliphatic rings. The fourth-order valence-corrected chi connectivity index (χ4v) is 4.50. The molecule has 1 aromatic heterocycles. The van der Waals surface area contributed by atoms with E-state index in [0.29, 0.717) is 12.6 Å². The summed E-state index contributed by atoms with van der Waals surface area (Å²) in [6, 6.07) is 6.42. The van der Waals surface area contributed by atoms with Crippen LogP contribution >= 0.6 is 11.3 Å².